The molecule has 0 saturated carbocycles. The molecule has 0 aliphatic carbocycles. The molecule has 0 saturated heterocycles. The average Bonchev–Trinajstić information content (AvgIpc) is 3.18. The normalized spacial score (nSPS) is 15.5. The van der Waals surface area contributed by atoms with E-state index in [9.17, 15) is 33.7 Å². The summed E-state index contributed by atoms with van der Waals surface area (Å²) in [6.07, 6.45) is 0. The van der Waals surface area contributed by atoms with E-state index in [1.807, 2.05) is 12.1 Å². The van der Waals surface area contributed by atoms with Crippen LogP contribution in [0.3, 0.4) is 0 Å². The highest BCUT2D eigenvalue weighted by molar-refractivity contribution is 6.13. The summed E-state index contributed by atoms with van der Waals surface area (Å²) in [7, 11) is 1.46. The fraction of sp³-hybridized carbons (Fsp3) is 0.206. The zero-order valence-electron chi connectivity index (χ0n) is 25.2. The van der Waals surface area contributed by atoms with E-state index in [-0.39, 0.29) is 59.3 Å². The van der Waals surface area contributed by atoms with Crippen LogP contribution in [0.15, 0.2) is 78.9 Å². The lowest BCUT2D eigenvalue weighted by Gasteiger charge is -2.36. The highest BCUT2D eigenvalue weighted by Crippen LogP contribution is 2.41. The molecule has 47 heavy (non-hydrogen) atoms. The summed E-state index contributed by atoms with van der Waals surface area (Å²) < 4.78 is 32.1. The van der Waals surface area contributed by atoms with Gasteiger partial charge in [0.25, 0.3) is 5.91 Å². The Balaban J connectivity index is 0.00000500. The Kier molecular flexibility index (Phi) is 10.1. The van der Waals surface area contributed by atoms with Gasteiger partial charge in [-0.2, -0.15) is 19.3 Å². The molecule has 1 aliphatic rings. The van der Waals surface area contributed by atoms with Crippen LogP contribution in [0.1, 0.15) is 34.0 Å². The second-order valence-electron chi connectivity index (χ2n) is 10.9. The van der Waals surface area contributed by atoms with Crippen LogP contribution in [0.25, 0.3) is 10.8 Å². The average molecular weight is 659 g/mol. The number of primary amides is 1. The molecule has 3 N–H and O–H groups in total. The van der Waals surface area contributed by atoms with Gasteiger partial charge in [0.15, 0.2) is 0 Å². The minimum Gasteiger partial charge on any atom is -0.434 e. The number of halogens is 3. The van der Waals surface area contributed by atoms with Gasteiger partial charge in [-0.05, 0) is 73.3 Å². The van der Waals surface area contributed by atoms with Crippen molar-refractivity contribution in [3.05, 3.63) is 101 Å². The molecular formula is C34H29ClF2N6O4. The lowest BCUT2D eigenvalue weighted by atomic mass is 9.83. The Morgan fingerprint density at radius 1 is 1.02 bits per heavy atom. The largest absolute Gasteiger partial charge is 0.434 e. The van der Waals surface area contributed by atoms with Gasteiger partial charge in [0, 0.05) is 17.7 Å². The Morgan fingerprint density at radius 2 is 1.68 bits per heavy atom. The van der Waals surface area contributed by atoms with Crippen molar-refractivity contribution in [3.8, 4) is 17.9 Å². The molecule has 13 heteroatoms. The number of rotatable bonds is 8. The molecule has 1 unspecified atom stereocenters. The van der Waals surface area contributed by atoms with Gasteiger partial charge in [0.1, 0.15) is 11.3 Å². The van der Waals surface area contributed by atoms with E-state index < -0.39 is 35.8 Å². The monoisotopic (exact) mass is 658 g/mol. The van der Waals surface area contributed by atoms with Crippen LogP contribution in [-0.2, 0) is 16.1 Å². The van der Waals surface area contributed by atoms with E-state index >= 15 is 0 Å². The first-order valence-electron chi connectivity index (χ1n) is 14.1. The van der Waals surface area contributed by atoms with Gasteiger partial charge in [0.05, 0.1) is 47.1 Å². The molecule has 0 bridgehead atoms. The van der Waals surface area contributed by atoms with Crippen molar-refractivity contribution >= 4 is 52.3 Å². The molecule has 240 valence electrons. The van der Waals surface area contributed by atoms with Crippen molar-refractivity contribution in [2.45, 2.75) is 25.6 Å². The number of nitriles is 2. The third-order valence-corrected chi connectivity index (χ3v) is 8.38. The first kappa shape index (κ1) is 34.3. The SMILES string of the molecule is CNC(C)(C(N)=O)[C@@H]1CN(C(=O)c2ccc(C#N)cc2)c2cc(C#N)ccc2N(Cc2c(OC(F)F)ccc3ccccc23)C1=O.Cl. The standard InChI is InChI=1S/C34H28F2N6O4.ClH/c1-34(40-2,32(39)45)26-19-42(30(43)23-10-7-20(16-37)8-11-23)28-15-21(17-38)9-13-27(28)41(31(26)44)18-25-24-6-4-3-5-22(24)12-14-29(25)46-33(35)36;/h3-15,26,33,40H,18-19H2,1-2H3,(H2,39,45);1H/t26-,34?;/m1./s1. The summed E-state index contributed by atoms with van der Waals surface area (Å²) in [6.45, 7) is -2.34. The van der Waals surface area contributed by atoms with E-state index in [4.69, 9.17) is 10.5 Å². The lowest BCUT2D eigenvalue weighted by molar-refractivity contribution is -0.133. The smallest absolute Gasteiger partial charge is 0.387 e. The summed E-state index contributed by atoms with van der Waals surface area (Å²) in [5, 5.41) is 23.1. The number of ether oxygens (including phenoxy) is 1. The van der Waals surface area contributed by atoms with E-state index in [0.29, 0.717) is 16.3 Å². The topological polar surface area (TPSA) is 153 Å². The van der Waals surface area contributed by atoms with Crippen LogP contribution in [-0.4, -0.2) is 43.5 Å². The Labute approximate surface area is 275 Å². The Morgan fingerprint density at radius 3 is 2.30 bits per heavy atom. The number of nitrogens with one attached hydrogen (secondary N) is 1. The van der Waals surface area contributed by atoms with Gasteiger partial charge in [-0.3, -0.25) is 14.4 Å². The summed E-state index contributed by atoms with van der Waals surface area (Å²) in [4.78, 5) is 44.4. The molecule has 10 nitrogen and oxygen atoms in total. The van der Waals surface area contributed by atoms with E-state index in [2.05, 4.69) is 5.32 Å². The fourth-order valence-electron chi connectivity index (χ4n) is 5.64. The molecule has 0 aromatic heterocycles. The van der Waals surface area contributed by atoms with Crippen molar-refractivity contribution in [3.63, 3.8) is 0 Å². The second-order valence-corrected chi connectivity index (χ2v) is 10.9. The van der Waals surface area contributed by atoms with Crippen LogP contribution in [0.5, 0.6) is 5.75 Å². The molecule has 3 amide bonds. The zero-order valence-corrected chi connectivity index (χ0v) is 26.1. The van der Waals surface area contributed by atoms with Crippen molar-refractivity contribution in [2.24, 2.45) is 11.7 Å². The van der Waals surface area contributed by atoms with E-state index in [1.165, 1.54) is 72.3 Å². The molecule has 2 atom stereocenters. The number of nitrogens with zero attached hydrogens (tertiary/aromatic N) is 4. The van der Waals surface area contributed by atoms with Gasteiger partial charge < -0.3 is 25.6 Å². The number of benzene rings is 4. The van der Waals surface area contributed by atoms with Crippen LogP contribution >= 0.6 is 12.4 Å². The quantitative estimate of drug-likeness (QED) is 0.274. The first-order valence-corrected chi connectivity index (χ1v) is 14.1. The molecule has 1 heterocycles. The van der Waals surface area contributed by atoms with E-state index in [0.717, 1.165) is 0 Å². The number of hydrogen-bond acceptors (Lipinski definition) is 7. The summed E-state index contributed by atoms with van der Waals surface area (Å²) in [5.41, 5.74) is 5.46. The van der Waals surface area contributed by atoms with Gasteiger partial charge in [-0.1, -0.05) is 30.3 Å². The second kappa shape index (κ2) is 13.8. The number of alkyl halides is 2. The minimum absolute atomic E-state index is 0. The van der Waals surface area contributed by atoms with Crippen molar-refractivity contribution in [1.82, 2.24) is 5.32 Å². The van der Waals surface area contributed by atoms with Gasteiger partial charge in [0.2, 0.25) is 11.8 Å². The molecule has 0 spiro atoms. The summed E-state index contributed by atoms with van der Waals surface area (Å²) in [5.74, 6) is -3.52. The number of carbonyl (C=O) groups is 3. The first-order chi connectivity index (χ1) is 22.0. The molecule has 5 rings (SSSR count). The maximum absolute atomic E-state index is 14.7. The van der Waals surface area contributed by atoms with Crippen LogP contribution in [0.4, 0.5) is 20.2 Å². The summed E-state index contributed by atoms with van der Waals surface area (Å²) in [6, 6.07) is 24.3. The van der Waals surface area contributed by atoms with E-state index in [1.54, 1.807) is 30.3 Å². The highest BCUT2D eigenvalue weighted by atomic mass is 35.5. The molecule has 0 fully saturated rings. The number of amides is 3. The fourth-order valence-corrected chi connectivity index (χ4v) is 5.64. The number of anilines is 2. The van der Waals surface area contributed by atoms with Gasteiger partial charge in [-0.25, -0.2) is 0 Å². The maximum atomic E-state index is 14.7. The zero-order chi connectivity index (χ0) is 33.2. The highest BCUT2D eigenvalue weighted by Gasteiger charge is 2.49. The lowest BCUT2D eigenvalue weighted by Crippen LogP contribution is -2.63. The molecular weight excluding hydrogens is 630 g/mol. The number of likely N-dealkylation sites (N-methyl/N-ethyl adjacent to an activating group) is 1. The van der Waals surface area contributed by atoms with Crippen molar-refractivity contribution in [1.29, 1.82) is 10.5 Å². The van der Waals surface area contributed by atoms with Crippen molar-refractivity contribution in [2.75, 3.05) is 23.4 Å². The number of carbonyl (C=O) groups excluding carboxylic acids is 3. The number of hydrogen-bond donors (Lipinski definition) is 2. The van der Waals surface area contributed by atoms with Crippen LogP contribution < -0.4 is 25.6 Å². The molecule has 1 aliphatic heterocycles. The maximum Gasteiger partial charge on any atom is 0.387 e. The van der Waals surface area contributed by atoms with Gasteiger partial charge >= 0.3 is 6.61 Å². The third-order valence-electron chi connectivity index (χ3n) is 8.38. The summed E-state index contributed by atoms with van der Waals surface area (Å²) >= 11 is 0. The van der Waals surface area contributed by atoms with Crippen molar-refractivity contribution < 1.29 is 27.9 Å². The van der Waals surface area contributed by atoms with Gasteiger partial charge in [-0.15, -0.1) is 12.4 Å². The number of fused-ring (bicyclic) bond motifs is 2. The Hall–Kier alpha value is -5.56. The predicted molar refractivity (Wildman–Crippen MR) is 173 cm³/mol. The molecule has 4 aromatic carbocycles. The predicted octanol–water partition coefficient (Wildman–Crippen LogP) is 4.88. The molecule has 4 aromatic rings. The minimum atomic E-state index is -3.15. The van der Waals surface area contributed by atoms with Crippen LogP contribution in [0, 0.1) is 28.6 Å². The molecule has 0 radical (unpaired) electrons. The van der Waals surface area contributed by atoms with Crippen LogP contribution in [0.2, 0.25) is 0 Å². The number of nitrogens with two attached hydrogens (primary N) is 1. The third kappa shape index (κ3) is 6.42. The Bertz CT molecular complexity index is 1940.